The van der Waals surface area contributed by atoms with E-state index in [1.165, 1.54) is 12.7 Å². The molecule has 1 aromatic heterocycles. The van der Waals surface area contributed by atoms with Gasteiger partial charge in [0, 0.05) is 5.69 Å². The Balaban J connectivity index is 2.39. The van der Waals surface area contributed by atoms with E-state index in [4.69, 9.17) is 4.74 Å². The highest BCUT2D eigenvalue weighted by molar-refractivity contribution is 5.72. The zero-order valence-corrected chi connectivity index (χ0v) is 13.3. The zero-order valence-electron chi connectivity index (χ0n) is 13.3. The molecule has 1 unspecified atom stereocenters. The third kappa shape index (κ3) is 2.99. The highest BCUT2D eigenvalue weighted by Gasteiger charge is 2.20. The van der Waals surface area contributed by atoms with Gasteiger partial charge in [0.25, 0.3) is 0 Å². The molecular weight excluding hydrogens is 264 g/mol. The number of carbonyl (C=O) groups is 1. The number of aryl methyl sites for hydroxylation is 2. The summed E-state index contributed by atoms with van der Waals surface area (Å²) in [5.74, 6) is -0.348. The summed E-state index contributed by atoms with van der Waals surface area (Å²) in [4.78, 5) is 11.6. The van der Waals surface area contributed by atoms with Gasteiger partial charge in [-0.15, -0.1) is 0 Å². The molecule has 4 heteroatoms. The Morgan fingerprint density at radius 2 is 1.95 bits per heavy atom. The van der Waals surface area contributed by atoms with Crippen molar-refractivity contribution in [2.45, 2.75) is 34.1 Å². The van der Waals surface area contributed by atoms with Crippen LogP contribution in [0.3, 0.4) is 0 Å². The number of benzene rings is 1. The number of hydrogen-bond donors (Lipinski definition) is 0. The first-order valence-corrected chi connectivity index (χ1v) is 7.14. The van der Waals surface area contributed by atoms with Gasteiger partial charge in [-0.1, -0.05) is 25.1 Å². The van der Waals surface area contributed by atoms with Crippen LogP contribution in [-0.4, -0.2) is 22.9 Å². The molecule has 0 spiro atoms. The molecule has 0 bridgehead atoms. The molecule has 0 amide bonds. The number of esters is 1. The van der Waals surface area contributed by atoms with Crippen molar-refractivity contribution < 1.29 is 9.53 Å². The van der Waals surface area contributed by atoms with E-state index in [0.717, 1.165) is 22.6 Å². The average Bonchev–Trinajstić information content (AvgIpc) is 2.74. The van der Waals surface area contributed by atoms with Crippen LogP contribution in [0.2, 0.25) is 0 Å². The van der Waals surface area contributed by atoms with Crippen LogP contribution in [0.5, 0.6) is 0 Å². The maximum Gasteiger partial charge on any atom is 0.308 e. The quantitative estimate of drug-likeness (QED) is 0.811. The molecule has 2 rings (SSSR count). The molecule has 1 heterocycles. The highest BCUT2D eigenvalue weighted by Crippen LogP contribution is 2.23. The van der Waals surface area contributed by atoms with E-state index >= 15 is 0 Å². The monoisotopic (exact) mass is 286 g/mol. The third-order valence-corrected chi connectivity index (χ3v) is 3.90. The first-order chi connectivity index (χ1) is 9.95. The van der Waals surface area contributed by atoms with Crippen molar-refractivity contribution in [3.05, 3.63) is 46.8 Å². The van der Waals surface area contributed by atoms with Crippen molar-refractivity contribution in [3.63, 3.8) is 0 Å². The van der Waals surface area contributed by atoms with Crippen molar-refractivity contribution in [3.8, 4) is 5.69 Å². The Morgan fingerprint density at radius 3 is 2.57 bits per heavy atom. The van der Waals surface area contributed by atoms with E-state index in [9.17, 15) is 4.79 Å². The van der Waals surface area contributed by atoms with E-state index < -0.39 is 0 Å². The smallest absolute Gasteiger partial charge is 0.308 e. The van der Waals surface area contributed by atoms with Gasteiger partial charge in [0.15, 0.2) is 0 Å². The minimum atomic E-state index is -0.183. The van der Waals surface area contributed by atoms with Crippen molar-refractivity contribution >= 4 is 5.97 Å². The van der Waals surface area contributed by atoms with Gasteiger partial charge in [-0.3, -0.25) is 4.79 Å². The fourth-order valence-corrected chi connectivity index (χ4v) is 2.60. The summed E-state index contributed by atoms with van der Waals surface area (Å²) in [6.45, 7) is 7.99. The lowest BCUT2D eigenvalue weighted by Crippen LogP contribution is -2.15. The number of methoxy groups -OCH3 is 1. The largest absolute Gasteiger partial charge is 0.469 e. The molecule has 4 nitrogen and oxygen atoms in total. The Kier molecular flexibility index (Phi) is 4.46. The third-order valence-electron chi connectivity index (χ3n) is 3.90. The molecule has 1 aromatic carbocycles. The lowest BCUT2D eigenvalue weighted by Gasteiger charge is -2.11. The van der Waals surface area contributed by atoms with Crippen LogP contribution >= 0.6 is 0 Å². The molecule has 0 saturated carbocycles. The minimum Gasteiger partial charge on any atom is -0.469 e. The summed E-state index contributed by atoms with van der Waals surface area (Å²) in [7, 11) is 1.43. The van der Waals surface area contributed by atoms with Crippen LogP contribution in [-0.2, 0) is 16.0 Å². The van der Waals surface area contributed by atoms with Crippen LogP contribution < -0.4 is 0 Å². The molecule has 0 aliphatic rings. The van der Waals surface area contributed by atoms with E-state index in [1.807, 2.05) is 37.6 Å². The standard InChI is InChI=1S/C17H22N2O2/c1-11-8-6-7-9-16(11)19-14(4)15(13(3)18-19)10-12(2)17(20)21-5/h6-9,12H,10H2,1-5H3. The Labute approximate surface area is 125 Å². The molecule has 0 N–H and O–H groups in total. The van der Waals surface area contributed by atoms with Crippen molar-refractivity contribution in [1.82, 2.24) is 9.78 Å². The van der Waals surface area contributed by atoms with E-state index in [0.29, 0.717) is 6.42 Å². The average molecular weight is 286 g/mol. The maximum atomic E-state index is 11.6. The molecule has 112 valence electrons. The number of carbonyl (C=O) groups excluding carboxylic acids is 1. The predicted octanol–water partition coefficient (Wildman–Crippen LogP) is 3.15. The van der Waals surface area contributed by atoms with Gasteiger partial charge in [0.05, 0.1) is 24.4 Å². The number of para-hydroxylation sites is 1. The van der Waals surface area contributed by atoms with E-state index in [1.54, 1.807) is 0 Å². The number of ether oxygens (including phenoxy) is 1. The van der Waals surface area contributed by atoms with Gasteiger partial charge in [0.1, 0.15) is 0 Å². The molecule has 0 aliphatic carbocycles. The fraction of sp³-hybridized carbons (Fsp3) is 0.412. The number of aromatic nitrogens is 2. The lowest BCUT2D eigenvalue weighted by molar-refractivity contribution is -0.144. The number of nitrogens with zero attached hydrogens (tertiary/aromatic N) is 2. The first-order valence-electron chi connectivity index (χ1n) is 7.14. The second kappa shape index (κ2) is 6.12. The van der Waals surface area contributed by atoms with Crippen LogP contribution in [0.1, 0.15) is 29.4 Å². The van der Waals surface area contributed by atoms with Gasteiger partial charge in [-0.25, -0.2) is 4.68 Å². The Morgan fingerprint density at radius 1 is 1.29 bits per heavy atom. The van der Waals surface area contributed by atoms with Gasteiger partial charge in [-0.2, -0.15) is 5.10 Å². The molecule has 21 heavy (non-hydrogen) atoms. The normalized spacial score (nSPS) is 12.2. The number of rotatable bonds is 4. The Bertz CT molecular complexity index is 659. The van der Waals surface area contributed by atoms with Crippen LogP contribution in [0.15, 0.2) is 24.3 Å². The van der Waals surface area contributed by atoms with Gasteiger partial charge in [-0.05, 0) is 44.4 Å². The summed E-state index contributed by atoms with van der Waals surface area (Å²) in [6.07, 6.45) is 0.649. The maximum absolute atomic E-state index is 11.6. The van der Waals surface area contributed by atoms with Crippen LogP contribution in [0, 0.1) is 26.7 Å². The number of hydrogen-bond acceptors (Lipinski definition) is 3. The van der Waals surface area contributed by atoms with Gasteiger partial charge >= 0.3 is 5.97 Å². The summed E-state index contributed by atoms with van der Waals surface area (Å²) in [5.41, 5.74) is 5.42. The van der Waals surface area contributed by atoms with Crippen molar-refractivity contribution in [2.24, 2.45) is 5.92 Å². The SMILES string of the molecule is COC(=O)C(C)Cc1c(C)nn(-c2ccccc2C)c1C. The molecule has 0 radical (unpaired) electrons. The Hall–Kier alpha value is -2.10. The first kappa shape index (κ1) is 15.3. The van der Waals surface area contributed by atoms with Crippen molar-refractivity contribution in [1.29, 1.82) is 0 Å². The van der Waals surface area contributed by atoms with Crippen molar-refractivity contribution in [2.75, 3.05) is 7.11 Å². The minimum absolute atomic E-state index is 0.165. The molecular formula is C17H22N2O2. The molecule has 1 atom stereocenters. The highest BCUT2D eigenvalue weighted by atomic mass is 16.5. The second-order valence-corrected chi connectivity index (χ2v) is 5.48. The van der Waals surface area contributed by atoms with Crippen LogP contribution in [0.4, 0.5) is 0 Å². The molecule has 0 saturated heterocycles. The van der Waals surface area contributed by atoms with Gasteiger partial charge in [0.2, 0.25) is 0 Å². The summed E-state index contributed by atoms with van der Waals surface area (Å²) in [6, 6.07) is 8.16. The predicted molar refractivity (Wildman–Crippen MR) is 82.7 cm³/mol. The zero-order chi connectivity index (χ0) is 15.6. The molecule has 0 fully saturated rings. The summed E-state index contributed by atoms with van der Waals surface area (Å²) in [5, 5.41) is 4.64. The van der Waals surface area contributed by atoms with Crippen LogP contribution in [0.25, 0.3) is 5.69 Å². The van der Waals surface area contributed by atoms with E-state index in [2.05, 4.69) is 24.2 Å². The molecule has 0 aliphatic heterocycles. The summed E-state index contributed by atoms with van der Waals surface area (Å²) >= 11 is 0. The lowest BCUT2D eigenvalue weighted by atomic mass is 10.00. The van der Waals surface area contributed by atoms with E-state index in [-0.39, 0.29) is 11.9 Å². The molecule has 2 aromatic rings. The second-order valence-electron chi connectivity index (χ2n) is 5.48. The van der Waals surface area contributed by atoms with Gasteiger partial charge < -0.3 is 4.74 Å². The topological polar surface area (TPSA) is 44.1 Å². The summed E-state index contributed by atoms with van der Waals surface area (Å²) < 4.78 is 6.77. The fourth-order valence-electron chi connectivity index (χ4n) is 2.60.